The van der Waals surface area contributed by atoms with Crippen molar-refractivity contribution in [2.75, 3.05) is 19.8 Å². The maximum Gasteiger partial charge on any atom is 0.126 e. The Morgan fingerprint density at radius 1 is 0.933 bits per heavy atom. The predicted molar refractivity (Wildman–Crippen MR) is 63.9 cm³/mol. The van der Waals surface area contributed by atoms with E-state index in [1.807, 2.05) is 0 Å². The van der Waals surface area contributed by atoms with Gasteiger partial charge in [-0.1, -0.05) is 13.3 Å². The van der Waals surface area contributed by atoms with Gasteiger partial charge in [-0.15, -0.1) is 0 Å². The molecular weight excluding hydrogens is 196 g/mol. The van der Waals surface area contributed by atoms with Crippen LogP contribution in [0.25, 0.3) is 0 Å². The topological polar surface area (TPSA) is 77.8 Å². The summed E-state index contributed by atoms with van der Waals surface area (Å²) in [5.74, 6) is 0.167. The molecule has 0 aromatic rings. The van der Waals surface area contributed by atoms with E-state index in [4.69, 9.17) is 15.3 Å². The van der Waals surface area contributed by atoms with Crippen molar-refractivity contribution in [1.82, 2.24) is 0 Å². The van der Waals surface area contributed by atoms with Crippen molar-refractivity contribution in [1.29, 1.82) is 0 Å². The highest BCUT2D eigenvalue weighted by Gasteiger charge is 1.69. The number of Topliss-reactive ketones (excluding diaryl/α,β-unsaturated/α-hetero) is 1. The van der Waals surface area contributed by atoms with Gasteiger partial charge in [0, 0.05) is 19.8 Å². The summed E-state index contributed by atoms with van der Waals surface area (Å²) in [5.41, 5.74) is 0. The van der Waals surface area contributed by atoms with Crippen molar-refractivity contribution in [3.63, 3.8) is 0 Å². The van der Waals surface area contributed by atoms with E-state index < -0.39 is 0 Å². The highest BCUT2D eigenvalue weighted by atomic mass is 16.3. The standard InChI is InChI=1S/C4H10O.C3H6O.2C2H6O/c1-2-3-4-5;1-3(2)4;2*1-2-3/h5H,2-4H2,1H3;1-2H3;2*3H,2H2,1H3. The summed E-state index contributed by atoms with van der Waals surface area (Å²) in [6, 6.07) is 0. The van der Waals surface area contributed by atoms with Crippen LogP contribution in [0, 0.1) is 0 Å². The van der Waals surface area contributed by atoms with Crippen LogP contribution in [0.2, 0.25) is 0 Å². The summed E-state index contributed by atoms with van der Waals surface area (Å²) in [7, 11) is 0. The van der Waals surface area contributed by atoms with E-state index in [1.54, 1.807) is 13.8 Å². The lowest BCUT2D eigenvalue weighted by atomic mass is 10.4. The van der Waals surface area contributed by atoms with E-state index in [9.17, 15) is 4.79 Å². The minimum absolute atomic E-state index is 0.167. The summed E-state index contributed by atoms with van der Waals surface area (Å²) < 4.78 is 0. The smallest absolute Gasteiger partial charge is 0.126 e. The van der Waals surface area contributed by atoms with Crippen molar-refractivity contribution < 1.29 is 20.1 Å². The average Bonchev–Trinajstić information content (AvgIpc) is 2.07. The monoisotopic (exact) mass is 224 g/mol. The molecule has 15 heavy (non-hydrogen) atoms. The van der Waals surface area contributed by atoms with E-state index in [-0.39, 0.29) is 19.0 Å². The summed E-state index contributed by atoms with van der Waals surface area (Å²) >= 11 is 0. The average molecular weight is 224 g/mol. The Hall–Kier alpha value is -0.450. The second-order valence-corrected chi connectivity index (χ2v) is 2.62. The number of unbranched alkanes of at least 4 members (excludes halogenated alkanes) is 1. The molecule has 0 atom stereocenters. The minimum Gasteiger partial charge on any atom is -0.397 e. The number of rotatable bonds is 2. The molecule has 0 fully saturated rings. The SMILES string of the molecule is CC(C)=O.CCCCO.CCO.CCO. The fraction of sp³-hybridized carbons (Fsp3) is 0.909. The highest BCUT2D eigenvalue weighted by molar-refractivity contribution is 5.72. The second kappa shape index (κ2) is 37.4. The van der Waals surface area contributed by atoms with Crippen molar-refractivity contribution in [3.8, 4) is 0 Å². The van der Waals surface area contributed by atoms with Crippen molar-refractivity contribution >= 4 is 5.78 Å². The first-order chi connectivity index (χ1) is 6.97. The van der Waals surface area contributed by atoms with Crippen molar-refractivity contribution in [2.45, 2.75) is 47.5 Å². The quantitative estimate of drug-likeness (QED) is 0.662. The van der Waals surface area contributed by atoms with Crippen molar-refractivity contribution in [3.05, 3.63) is 0 Å². The molecule has 0 rings (SSSR count). The van der Waals surface area contributed by atoms with Crippen molar-refractivity contribution in [2.24, 2.45) is 0 Å². The molecule has 0 heterocycles. The molecule has 3 N–H and O–H groups in total. The number of carbonyl (C=O) groups is 1. The Morgan fingerprint density at radius 2 is 1.13 bits per heavy atom. The fourth-order valence-corrected chi connectivity index (χ4v) is 0.158. The molecule has 0 aromatic heterocycles. The molecule has 0 radical (unpaired) electrons. The number of ketones is 1. The van der Waals surface area contributed by atoms with E-state index in [0.29, 0.717) is 6.61 Å². The molecule has 96 valence electrons. The van der Waals surface area contributed by atoms with Crippen LogP contribution in [-0.2, 0) is 4.79 Å². The van der Waals surface area contributed by atoms with Gasteiger partial charge in [-0.3, -0.25) is 0 Å². The number of aliphatic hydroxyl groups excluding tert-OH is 3. The summed E-state index contributed by atoms with van der Waals surface area (Å²) in [6.07, 6.45) is 2.04. The molecule has 0 aliphatic rings. The lowest BCUT2D eigenvalue weighted by molar-refractivity contribution is -0.114. The van der Waals surface area contributed by atoms with Gasteiger partial charge in [-0.05, 0) is 34.1 Å². The van der Waals surface area contributed by atoms with Gasteiger partial charge in [-0.2, -0.15) is 0 Å². The molecule has 0 aliphatic carbocycles. The third-order valence-corrected chi connectivity index (χ3v) is 0.512. The Bertz CT molecular complexity index is 76.7. The maximum atomic E-state index is 9.44. The molecule has 0 amide bonds. The normalized spacial score (nSPS) is 6.93. The van der Waals surface area contributed by atoms with Crippen LogP contribution in [-0.4, -0.2) is 40.9 Å². The summed E-state index contributed by atoms with van der Waals surface area (Å²) in [6.45, 7) is 9.31. The zero-order valence-electron chi connectivity index (χ0n) is 10.8. The van der Waals surface area contributed by atoms with Crippen LogP contribution >= 0.6 is 0 Å². The Morgan fingerprint density at radius 3 is 1.13 bits per heavy atom. The van der Waals surface area contributed by atoms with Gasteiger partial charge in [0.15, 0.2) is 0 Å². The van der Waals surface area contributed by atoms with Crippen LogP contribution in [0.1, 0.15) is 47.5 Å². The van der Waals surface area contributed by atoms with Gasteiger partial charge in [0.2, 0.25) is 0 Å². The van der Waals surface area contributed by atoms with Crippen LogP contribution in [0.4, 0.5) is 0 Å². The van der Waals surface area contributed by atoms with E-state index in [0.717, 1.165) is 12.8 Å². The van der Waals surface area contributed by atoms with E-state index >= 15 is 0 Å². The van der Waals surface area contributed by atoms with Crippen LogP contribution in [0.3, 0.4) is 0 Å². The molecule has 0 bridgehead atoms. The first-order valence-electron chi connectivity index (χ1n) is 5.27. The summed E-state index contributed by atoms with van der Waals surface area (Å²) in [5, 5.41) is 23.2. The van der Waals surface area contributed by atoms with Gasteiger partial charge >= 0.3 is 0 Å². The highest BCUT2D eigenvalue weighted by Crippen LogP contribution is 1.78. The molecule has 0 aliphatic heterocycles. The van der Waals surface area contributed by atoms with Crippen LogP contribution in [0.5, 0.6) is 0 Å². The predicted octanol–water partition coefficient (Wildman–Crippen LogP) is 1.37. The number of aliphatic hydroxyl groups is 3. The third kappa shape index (κ3) is 752. The fourth-order valence-electron chi connectivity index (χ4n) is 0.158. The third-order valence-electron chi connectivity index (χ3n) is 0.512. The van der Waals surface area contributed by atoms with Gasteiger partial charge in [0.05, 0.1) is 0 Å². The van der Waals surface area contributed by atoms with E-state index in [2.05, 4.69) is 6.92 Å². The van der Waals surface area contributed by atoms with Gasteiger partial charge < -0.3 is 20.1 Å². The van der Waals surface area contributed by atoms with Gasteiger partial charge in [0.25, 0.3) is 0 Å². The maximum absolute atomic E-state index is 9.44. The van der Waals surface area contributed by atoms with Gasteiger partial charge in [0.1, 0.15) is 5.78 Å². The Labute approximate surface area is 94.0 Å². The second-order valence-electron chi connectivity index (χ2n) is 2.62. The Balaban J connectivity index is -0.0000000553. The molecule has 0 saturated carbocycles. The number of hydrogen-bond acceptors (Lipinski definition) is 4. The molecule has 0 saturated heterocycles. The van der Waals surface area contributed by atoms with Crippen LogP contribution in [0.15, 0.2) is 0 Å². The van der Waals surface area contributed by atoms with Gasteiger partial charge in [-0.25, -0.2) is 0 Å². The zero-order chi connectivity index (χ0) is 13.1. The molecule has 4 nitrogen and oxygen atoms in total. The first kappa shape index (κ1) is 24.0. The Kier molecular flexibility index (Phi) is 59.9. The number of carbonyl (C=O) groups excluding carboxylic acids is 1. The first-order valence-corrected chi connectivity index (χ1v) is 5.27. The lowest BCUT2D eigenvalue weighted by Gasteiger charge is -1.79. The van der Waals surface area contributed by atoms with E-state index in [1.165, 1.54) is 13.8 Å². The molecule has 0 aromatic carbocycles. The summed E-state index contributed by atoms with van der Waals surface area (Å²) in [4.78, 5) is 9.44. The number of hydrogen-bond donors (Lipinski definition) is 3. The molecule has 0 spiro atoms. The minimum atomic E-state index is 0.167. The lowest BCUT2D eigenvalue weighted by Crippen LogP contribution is -1.75. The largest absolute Gasteiger partial charge is 0.397 e. The van der Waals surface area contributed by atoms with Crippen LogP contribution < -0.4 is 0 Å². The molecular formula is C11H28O4. The molecule has 0 unspecified atom stereocenters. The zero-order valence-corrected chi connectivity index (χ0v) is 10.8. The molecule has 4 heteroatoms.